The Morgan fingerprint density at radius 1 is 1.17 bits per heavy atom. The number of thioether (sulfide) groups is 1. The highest BCUT2D eigenvalue weighted by molar-refractivity contribution is 8.00. The van der Waals surface area contributed by atoms with Crippen LogP contribution in [-0.4, -0.2) is 24.2 Å². The summed E-state index contributed by atoms with van der Waals surface area (Å²) >= 11 is 7.05. The normalized spacial score (nSPS) is 10.2. The van der Waals surface area contributed by atoms with Gasteiger partial charge in [-0.3, -0.25) is 9.59 Å². The fourth-order valence-electron chi connectivity index (χ4n) is 1.62. The van der Waals surface area contributed by atoms with Crippen molar-refractivity contribution in [1.29, 1.82) is 0 Å². The first-order valence-electron chi connectivity index (χ1n) is 6.62. The zero-order chi connectivity index (χ0) is 16.7. The van der Waals surface area contributed by atoms with E-state index in [0.717, 1.165) is 4.90 Å². The molecule has 1 N–H and O–H groups in total. The van der Waals surface area contributed by atoms with E-state index in [1.54, 1.807) is 30.3 Å². The van der Waals surface area contributed by atoms with Gasteiger partial charge in [0.2, 0.25) is 0 Å². The van der Waals surface area contributed by atoms with E-state index in [0.29, 0.717) is 10.7 Å². The Labute approximate surface area is 142 Å². The Hall–Kier alpha value is -2.05. The number of hydrogen-bond acceptors (Lipinski definition) is 4. The summed E-state index contributed by atoms with van der Waals surface area (Å²) in [5, 5.41) is 3.06. The fraction of sp³-hybridized carbons (Fsp3) is 0.125. The molecule has 0 unspecified atom stereocenters. The van der Waals surface area contributed by atoms with E-state index < -0.39 is 24.3 Å². The minimum Gasteiger partial charge on any atom is -0.455 e. The van der Waals surface area contributed by atoms with Crippen LogP contribution >= 0.6 is 23.4 Å². The first-order valence-corrected chi connectivity index (χ1v) is 7.99. The third kappa shape index (κ3) is 6.30. The van der Waals surface area contributed by atoms with Gasteiger partial charge >= 0.3 is 5.97 Å². The van der Waals surface area contributed by atoms with Gasteiger partial charge in [-0.05, 0) is 42.5 Å². The zero-order valence-electron chi connectivity index (χ0n) is 11.9. The van der Waals surface area contributed by atoms with Crippen molar-refractivity contribution in [2.24, 2.45) is 0 Å². The van der Waals surface area contributed by atoms with Crippen LogP contribution in [0.4, 0.5) is 10.1 Å². The standard InChI is InChI=1S/C16H13ClFNO3S/c17-11-4-6-14(7-5-11)23-10-16(21)22-9-15(20)19-13-3-1-2-12(18)8-13/h1-8H,9-10H2,(H,19,20). The third-order valence-corrected chi connectivity index (χ3v) is 3.88. The van der Waals surface area contributed by atoms with Crippen molar-refractivity contribution < 1.29 is 18.7 Å². The molecule has 2 aromatic carbocycles. The average molecular weight is 354 g/mol. The Kier molecular flexibility index (Phi) is 6.43. The van der Waals surface area contributed by atoms with E-state index >= 15 is 0 Å². The van der Waals surface area contributed by atoms with Crippen LogP contribution in [0.1, 0.15) is 0 Å². The Morgan fingerprint density at radius 3 is 2.61 bits per heavy atom. The molecule has 0 radical (unpaired) electrons. The molecule has 0 bridgehead atoms. The first kappa shape index (κ1) is 17.3. The van der Waals surface area contributed by atoms with Crippen LogP contribution in [0, 0.1) is 5.82 Å². The van der Waals surface area contributed by atoms with E-state index in [1.165, 1.54) is 30.0 Å². The van der Waals surface area contributed by atoms with Crippen molar-refractivity contribution in [3.8, 4) is 0 Å². The van der Waals surface area contributed by atoms with Gasteiger partial charge in [-0.25, -0.2) is 4.39 Å². The molecule has 2 aromatic rings. The highest BCUT2D eigenvalue weighted by Crippen LogP contribution is 2.20. The number of nitrogens with one attached hydrogen (secondary N) is 1. The highest BCUT2D eigenvalue weighted by atomic mass is 35.5. The fourth-order valence-corrected chi connectivity index (χ4v) is 2.45. The molecule has 0 fully saturated rings. The van der Waals surface area contributed by atoms with Crippen molar-refractivity contribution in [2.75, 3.05) is 17.7 Å². The third-order valence-electron chi connectivity index (χ3n) is 2.64. The number of esters is 1. The summed E-state index contributed by atoms with van der Waals surface area (Å²) in [6, 6.07) is 12.5. The lowest BCUT2D eigenvalue weighted by Gasteiger charge is -2.06. The lowest BCUT2D eigenvalue weighted by molar-refractivity contribution is -0.144. The quantitative estimate of drug-likeness (QED) is 0.634. The van der Waals surface area contributed by atoms with Crippen LogP contribution in [0.5, 0.6) is 0 Å². The smallest absolute Gasteiger partial charge is 0.316 e. The molecule has 0 saturated carbocycles. The predicted octanol–water partition coefficient (Wildman–Crippen LogP) is 3.75. The van der Waals surface area contributed by atoms with Crippen molar-refractivity contribution in [1.82, 2.24) is 0 Å². The van der Waals surface area contributed by atoms with E-state index in [-0.39, 0.29) is 5.75 Å². The van der Waals surface area contributed by atoms with E-state index in [1.807, 2.05) is 0 Å². The van der Waals surface area contributed by atoms with Gasteiger partial charge in [-0.15, -0.1) is 11.8 Å². The summed E-state index contributed by atoms with van der Waals surface area (Å²) in [6.07, 6.45) is 0. The number of ether oxygens (including phenoxy) is 1. The zero-order valence-corrected chi connectivity index (χ0v) is 13.5. The average Bonchev–Trinajstić information content (AvgIpc) is 2.52. The summed E-state index contributed by atoms with van der Waals surface area (Å²) in [7, 11) is 0. The minimum atomic E-state index is -0.527. The van der Waals surface area contributed by atoms with E-state index in [2.05, 4.69) is 5.32 Å². The number of carbonyl (C=O) groups is 2. The minimum absolute atomic E-state index is 0.0783. The van der Waals surface area contributed by atoms with Gasteiger partial charge in [-0.1, -0.05) is 17.7 Å². The van der Waals surface area contributed by atoms with Crippen LogP contribution in [0.3, 0.4) is 0 Å². The van der Waals surface area contributed by atoms with Gasteiger partial charge in [0.25, 0.3) is 5.91 Å². The molecule has 0 saturated heterocycles. The molecule has 23 heavy (non-hydrogen) atoms. The molecular weight excluding hydrogens is 341 g/mol. The number of hydrogen-bond donors (Lipinski definition) is 1. The summed E-state index contributed by atoms with van der Waals surface area (Å²) in [5.41, 5.74) is 0.307. The van der Waals surface area contributed by atoms with Crippen LogP contribution in [0.2, 0.25) is 5.02 Å². The molecule has 0 atom stereocenters. The second kappa shape index (κ2) is 8.55. The molecule has 7 heteroatoms. The van der Waals surface area contributed by atoms with Gasteiger partial charge in [0.05, 0.1) is 5.75 Å². The lowest BCUT2D eigenvalue weighted by atomic mass is 10.3. The van der Waals surface area contributed by atoms with Gasteiger partial charge in [0, 0.05) is 15.6 Å². The van der Waals surface area contributed by atoms with E-state index in [9.17, 15) is 14.0 Å². The lowest BCUT2D eigenvalue weighted by Crippen LogP contribution is -2.21. The molecule has 0 heterocycles. The number of anilines is 1. The molecule has 0 spiro atoms. The molecule has 1 amide bonds. The topological polar surface area (TPSA) is 55.4 Å². The maximum atomic E-state index is 13.0. The second-order valence-electron chi connectivity index (χ2n) is 4.46. The first-order chi connectivity index (χ1) is 11.0. The molecule has 0 aliphatic heterocycles. The number of carbonyl (C=O) groups excluding carboxylic acids is 2. The number of benzene rings is 2. The predicted molar refractivity (Wildman–Crippen MR) is 88.2 cm³/mol. The van der Waals surface area contributed by atoms with E-state index in [4.69, 9.17) is 16.3 Å². The maximum Gasteiger partial charge on any atom is 0.316 e. The number of amides is 1. The Bertz CT molecular complexity index is 694. The van der Waals surface area contributed by atoms with Crippen molar-refractivity contribution in [3.63, 3.8) is 0 Å². The molecule has 4 nitrogen and oxygen atoms in total. The largest absolute Gasteiger partial charge is 0.455 e. The molecule has 120 valence electrons. The van der Waals surface area contributed by atoms with Crippen LogP contribution in [0.25, 0.3) is 0 Å². The Balaban J connectivity index is 1.71. The summed E-state index contributed by atoms with van der Waals surface area (Å²) in [4.78, 5) is 24.1. The molecule has 0 aliphatic carbocycles. The number of halogens is 2. The van der Waals surface area contributed by atoms with Gasteiger partial charge in [-0.2, -0.15) is 0 Å². The molecule has 2 rings (SSSR count). The van der Waals surface area contributed by atoms with Gasteiger partial charge in [0.1, 0.15) is 5.82 Å². The van der Waals surface area contributed by atoms with Gasteiger partial charge < -0.3 is 10.1 Å². The Morgan fingerprint density at radius 2 is 1.91 bits per heavy atom. The number of rotatable bonds is 6. The molecular formula is C16H13ClFNO3S. The summed E-state index contributed by atoms with van der Waals surface area (Å²) < 4.78 is 17.8. The van der Waals surface area contributed by atoms with Crippen molar-refractivity contribution in [3.05, 3.63) is 59.4 Å². The maximum absolute atomic E-state index is 13.0. The molecule has 0 aromatic heterocycles. The van der Waals surface area contributed by atoms with Crippen LogP contribution in [0.15, 0.2) is 53.4 Å². The van der Waals surface area contributed by atoms with Crippen molar-refractivity contribution >= 4 is 40.9 Å². The summed E-state index contributed by atoms with van der Waals surface area (Å²) in [5.74, 6) is -1.42. The SMILES string of the molecule is O=C(COC(=O)CSc1ccc(Cl)cc1)Nc1cccc(F)c1. The summed E-state index contributed by atoms with van der Waals surface area (Å²) in [6.45, 7) is -0.420. The van der Waals surface area contributed by atoms with Crippen molar-refractivity contribution in [2.45, 2.75) is 4.90 Å². The van der Waals surface area contributed by atoms with Crippen LogP contribution in [-0.2, 0) is 14.3 Å². The molecule has 0 aliphatic rings. The van der Waals surface area contributed by atoms with Crippen LogP contribution < -0.4 is 5.32 Å². The van der Waals surface area contributed by atoms with Gasteiger partial charge in [0.15, 0.2) is 6.61 Å². The highest BCUT2D eigenvalue weighted by Gasteiger charge is 2.09. The second-order valence-corrected chi connectivity index (χ2v) is 5.95. The monoisotopic (exact) mass is 353 g/mol.